The Hall–Kier alpha value is -2.94. The molecule has 0 saturated heterocycles. The van der Waals surface area contributed by atoms with Crippen molar-refractivity contribution in [2.24, 2.45) is 0 Å². The van der Waals surface area contributed by atoms with Crippen LogP contribution in [0.4, 0.5) is 0 Å². The summed E-state index contributed by atoms with van der Waals surface area (Å²) in [5, 5.41) is 5.85. The predicted molar refractivity (Wildman–Crippen MR) is 103 cm³/mol. The number of benzene rings is 2. The topological polar surface area (TPSA) is 30.7 Å². The lowest BCUT2D eigenvalue weighted by molar-refractivity contribution is 0.590. The van der Waals surface area contributed by atoms with Crippen LogP contribution in [-0.4, -0.2) is 14.8 Å². The molecule has 0 aliphatic rings. The zero-order valence-electron chi connectivity index (χ0n) is 14.8. The fourth-order valence-corrected chi connectivity index (χ4v) is 2.95. The van der Waals surface area contributed by atoms with Crippen molar-refractivity contribution in [3.8, 4) is 16.9 Å². The summed E-state index contributed by atoms with van der Waals surface area (Å²) in [4.78, 5) is 4.53. The Labute approximate surface area is 148 Å². The molecule has 124 valence electrons. The first-order valence-electron chi connectivity index (χ1n) is 8.52. The molecule has 3 heteroatoms. The van der Waals surface area contributed by atoms with Crippen LogP contribution in [0, 0.1) is 0 Å². The minimum Gasteiger partial charge on any atom is -0.256 e. The van der Waals surface area contributed by atoms with Crippen LogP contribution in [0.1, 0.15) is 26.3 Å². The van der Waals surface area contributed by atoms with Crippen LogP contribution < -0.4 is 0 Å². The standard InChI is InChI=1S/C22H21N3/c1-22(2,3)18-8-10-19(11-9-18)25-13-12-21(24-25)17-14-16-6-4-5-7-20(16)23-15-17/h4-15H,1-3H3. The quantitative estimate of drug-likeness (QED) is 0.494. The van der Waals surface area contributed by atoms with Crippen LogP contribution in [0.5, 0.6) is 0 Å². The van der Waals surface area contributed by atoms with Crippen molar-refractivity contribution >= 4 is 10.9 Å². The summed E-state index contributed by atoms with van der Waals surface area (Å²) in [5.74, 6) is 0. The molecule has 2 aromatic carbocycles. The smallest absolute Gasteiger partial charge is 0.0943 e. The normalized spacial score (nSPS) is 11.8. The van der Waals surface area contributed by atoms with Gasteiger partial charge in [0.05, 0.1) is 16.9 Å². The third kappa shape index (κ3) is 3.05. The molecule has 4 rings (SSSR count). The fraction of sp³-hybridized carbons (Fsp3) is 0.182. The number of fused-ring (bicyclic) bond motifs is 1. The average Bonchev–Trinajstić information content (AvgIpc) is 3.11. The number of rotatable bonds is 2. The number of pyridine rings is 1. The maximum absolute atomic E-state index is 4.73. The van der Waals surface area contributed by atoms with Gasteiger partial charge in [0.1, 0.15) is 0 Å². The summed E-state index contributed by atoms with van der Waals surface area (Å²) in [7, 11) is 0. The van der Waals surface area contributed by atoms with Gasteiger partial charge < -0.3 is 0 Å². The maximum atomic E-state index is 4.73. The molecule has 0 N–H and O–H groups in total. The highest BCUT2D eigenvalue weighted by Crippen LogP contribution is 2.25. The largest absolute Gasteiger partial charge is 0.256 e. The molecule has 3 nitrogen and oxygen atoms in total. The van der Waals surface area contributed by atoms with E-state index in [1.54, 1.807) is 0 Å². The SMILES string of the molecule is CC(C)(C)c1ccc(-n2ccc(-c3cnc4ccccc4c3)n2)cc1. The zero-order chi connectivity index (χ0) is 17.4. The first-order chi connectivity index (χ1) is 12.0. The van der Waals surface area contributed by atoms with Gasteiger partial charge in [-0.05, 0) is 41.3 Å². The molecule has 0 fully saturated rings. The highest BCUT2D eigenvalue weighted by molar-refractivity contribution is 5.82. The van der Waals surface area contributed by atoms with Crippen molar-refractivity contribution in [3.05, 3.63) is 78.6 Å². The maximum Gasteiger partial charge on any atom is 0.0943 e. The van der Waals surface area contributed by atoms with E-state index in [1.807, 2.05) is 41.3 Å². The van der Waals surface area contributed by atoms with Crippen LogP contribution in [0.3, 0.4) is 0 Å². The van der Waals surface area contributed by atoms with E-state index in [2.05, 4.69) is 62.2 Å². The Morgan fingerprint density at radius 1 is 0.880 bits per heavy atom. The Bertz CT molecular complexity index is 1020. The van der Waals surface area contributed by atoms with Gasteiger partial charge in [-0.2, -0.15) is 5.10 Å². The molecule has 2 aromatic heterocycles. The van der Waals surface area contributed by atoms with E-state index in [9.17, 15) is 0 Å². The second-order valence-corrected chi connectivity index (χ2v) is 7.36. The van der Waals surface area contributed by atoms with Gasteiger partial charge >= 0.3 is 0 Å². The number of para-hydroxylation sites is 1. The molecule has 0 atom stereocenters. The lowest BCUT2D eigenvalue weighted by Gasteiger charge is -2.19. The molecule has 4 aromatic rings. The molecule has 0 saturated carbocycles. The summed E-state index contributed by atoms with van der Waals surface area (Å²) in [6.45, 7) is 6.67. The van der Waals surface area contributed by atoms with Crippen molar-refractivity contribution < 1.29 is 0 Å². The Balaban J connectivity index is 1.67. The molecule has 0 aliphatic carbocycles. The summed E-state index contributed by atoms with van der Waals surface area (Å²) in [5.41, 5.74) is 5.51. The average molecular weight is 327 g/mol. The van der Waals surface area contributed by atoms with E-state index in [0.29, 0.717) is 0 Å². The first kappa shape index (κ1) is 15.6. The van der Waals surface area contributed by atoms with Crippen LogP contribution >= 0.6 is 0 Å². The molecular formula is C22H21N3. The molecular weight excluding hydrogens is 306 g/mol. The third-order valence-corrected chi connectivity index (χ3v) is 4.47. The first-order valence-corrected chi connectivity index (χ1v) is 8.52. The van der Waals surface area contributed by atoms with E-state index in [4.69, 9.17) is 5.10 Å². The number of aromatic nitrogens is 3. The van der Waals surface area contributed by atoms with Crippen molar-refractivity contribution in [2.45, 2.75) is 26.2 Å². The Morgan fingerprint density at radius 3 is 2.40 bits per heavy atom. The van der Waals surface area contributed by atoms with Gasteiger partial charge in [-0.15, -0.1) is 0 Å². The minimum absolute atomic E-state index is 0.157. The second kappa shape index (κ2) is 5.85. The van der Waals surface area contributed by atoms with Gasteiger partial charge in [0.25, 0.3) is 0 Å². The molecule has 0 aliphatic heterocycles. The van der Waals surface area contributed by atoms with Crippen LogP contribution in [0.25, 0.3) is 27.8 Å². The van der Waals surface area contributed by atoms with Gasteiger partial charge in [0.15, 0.2) is 0 Å². The lowest BCUT2D eigenvalue weighted by Crippen LogP contribution is -2.10. The Kier molecular flexibility index (Phi) is 3.65. The van der Waals surface area contributed by atoms with Gasteiger partial charge in [0, 0.05) is 23.3 Å². The van der Waals surface area contributed by atoms with Gasteiger partial charge in [-0.3, -0.25) is 4.98 Å². The Morgan fingerprint density at radius 2 is 1.64 bits per heavy atom. The fourth-order valence-electron chi connectivity index (χ4n) is 2.95. The van der Waals surface area contributed by atoms with E-state index in [1.165, 1.54) is 5.56 Å². The molecule has 0 radical (unpaired) electrons. The van der Waals surface area contributed by atoms with E-state index >= 15 is 0 Å². The molecule has 25 heavy (non-hydrogen) atoms. The van der Waals surface area contributed by atoms with Crippen molar-refractivity contribution in [2.75, 3.05) is 0 Å². The van der Waals surface area contributed by atoms with Crippen LogP contribution in [0.15, 0.2) is 73.1 Å². The highest BCUT2D eigenvalue weighted by Gasteiger charge is 2.13. The van der Waals surface area contributed by atoms with Gasteiger partial charge in [-0.1, -0.05) is 51.1 Å². The van der Waals surface area contributed by atoms with Crippen LogP contribution in [-0.2, 0) is 5.41 Å². The highest BCUT2D eigenvalue weighted by atomic mass is 15.3. The summed E-state index contributed by atoms with van der Waals surface area (Å²) in [6.07, 6.45) is 3.88. The summed E-state index contributed by atoms with van der Waals surface area (Å²) in [6, 6.07) is 20.9. The van der Waals surface area contributed by atoms with E-state index in [-0.39, 0.29) is 5.41 Å². The number of hydrogen-bond donors (Lipinski definition) is 0. The zero-order valence-corrected chi connectivity index (χ0v) is 14.8. The predicted octanol–water partition coefficient (Wildman–Crippen LogP) is 5.39. The molecule has 0 amide bonds. The van der Waals surface area contributed by atoms with Crippen molar-refractivity contribution in [1.29, 1.82) is 0 Å². The summed E-state index contributed by atoms with van der Waals surface area (Å²) >= 11 is 0. The minimum atomic E-state index is 0.157. The van der Waals surface area contributed by atoms with Gasteiger partial charge in [0.2, 0.25) is 0 Å². The van der Waals surface area contributed by atoms with E-state index < -0.39 is 0 Å². The molecule has 0 unspecified atom stereocenters. The monoisotopic (exact) mass is 327 g/mol. The van der Waals surface area contributed by atoms with Crippen molar-refractivity contribution in [1.82, 2.24) is 14.8 Å². The van der Waals surface area contributed by atoms with Gasteiger partial charge in [-0.25, -0.2) is 4.68 Å². The number of nitrogens with zero attached hydrogens (tertiary/aromatic N) is 3. The third-order valence-electron chi connectivity index (χ3n) is 4.47. The number of hydrogen-bond acceptors (Lipinski definition) is 2. The summed E-state index contributed by atoms with van der Waals surface area (Å²) < 4.78 is 1.91. The van der Waals surface area contributed by atoms with Crippen molar-refractivity contribution in [3.63, 3.8) is 0 Å². The molecule has 0 spiro atoms. The second-order valence-electron chi connectivity index (χ2n) is 7.36. The van der Waals surface area contributed by atoms with Crippen LogP contribution in [0.2, 0.25) is 0 Å². The molecule has 0 bridgehead atoms. The van der Waals surface area contributed by atoms with E-state index in [0.717, 1.165) is 27.8 Å². The molecule has 2 heterocycles. The lowest BCUT2D eigenvalue weighted by atomic mass is 9.87.